The van der Waals surface area contributed by atoms with Crippen molar-refractivity contribution < 1.29 is 33.7 Å². The van der Waals surface area contributed by atoms with Crippen molar-refractivity contribution in [3.63, 3.8) is 0 Å². The van der Waals surface area contributed by atoms with Crippen LogP contribution in [0.4, 0.5) is 4.39 Å². The molecule has 130 valence electrons. The third-order valence-electron chi connectivity index (χ3n) is 4.14. The number of hydrogen-bond donors (Lipinski definition) is 2. The number of benzene rings is 2. The molecule has 2 aromatic rings. The van der Waals surface area contributed by atoms with E-state index < -0.39 is 34.7 Å². The van der Waals surface area contributed by atoms with Crippen molar-refractivity contribution in [3.05, 3.63) is 53.3 Å². The lowest BCUT2D eigenvalue weighted by molar-refractivity contribution is -0.161. The highest BCUT2D eigenvalue weighted by atomic mass is 19.1. The molecule has 0 bridgehead atoms. The summed E-state index contributed by atoms with van der Waals surface area (Å²) in [7, 11) is 0. The maximum Gasteiger partial charge on any atom is 0.333 e. The van der Waals surface area contributed by atoms with Crippen LogP contribution in [0.5, 0.6) is 17.2 Å². The number of ether oxygens (including phenoxy) is 2. The Labute approximate surface area is 142 Å². The van der Waals surface area contributed by atoms with Gasteiger partial charge >= 0.3 is 11.9 Å². The SMILES string of the molecule is CCOC(=O)C1(c2cc(O)c(O)c(F)c2)Cc2ccccc2OC1=O. The zero-order valence-electron chi connectivity index (χ0n) is 13.3. The first-order chi connectivity index (χ1) is 11.9. The van der Waals surface area contributed by atoms with Gasteiger partial charge in [0.2, 0.25) is 0 Å². The molecule has 1 aliphatic rings. The Morgan fingerprint density at radius 1 is 1.32 bits per heavy atom. The second-order valence-corrected chi connectivity index (χ2v) is 5.63. The minimum absolute atomic E-state index is 0.00204. The molecule has 2 N–H and O–H groups in total. The van der Waals surface area contributed by atoms with Crippen LogP contribution in [0.15, 0.2) is 36.4 Å². The molecule has 0 aliphatic carbocycles. The lowest BCUT2D eigenvalue weighted by atomic mass is 9.73. The molecule has 7 heteroatoms. The summed E-state index contributed by atoms with van der Waals surface area (Å²) in [6.07, 6.45) is -0.121. The number of para-hydroxylation sites is 1. The average Bonchev–Trinajstić information content (AvgIpc) is 2.58. The maximum absolute atomic E-state index is 13.9. The second-order valence-electron chi connectivity index (χ2n) is 5.63. The molecule has 1 aliphatic heterocycles. The number of halogens is 1. The monoisotopic (exact) mass is 346 g/mol. The molecule has 0 fully saturated rings. The van der Waals surface area contributed by atoms with Gasteiger partial charge in [0.25, 0.3) is 0 Å². The van der Waals surface area contributed by atoms with Gasteiger partial charge in [-0.2, -0.15) is 0 Å². The van der Waals surface area contributed by atoms with Gasteiger partial charge in [-0.05, 0) is 36.2 Å². The van der Waals surface area contributed by atoms with Crippen LogP contribution in [0.25, 0.3) is 0 Å². The topological polar surface area (TPSA) is 93.1 Å². The van der Waals surface area contributed by atoms with Gasteiger partial charge in [0.15, 0.2) is 22.7 Å². The minimum atomic E-state index is -1.98. The molecule has 0 saturated heterocycles. The molecule has 0 radical (unpaired) electrons. The molecule has 25 heavy (non-hydrogen) atoms. The molecule has 0 spiro atoms. The smallest absolute Gasteiger partial charge is 0.333 e. The fourth-order valence-corrected chi connectivity index (χ4v) is 2.87. The van der Waals surface area contributed by atoms with Crippen molar-refractivity contribution in [3.8, 4) is 17.2 Å². The summed E-state index contributed by atoms with van der Waals surface area (Å²) in [6, 6.07) is 8.42. The second kappa shape index (κ2) is 6.08. The summed E-state index contributed by atoms with van der Waals surface area (Å²) in [6.45, 7) is 1.57. The van der Waals surface area contributed by atoms with Crippen molar-refractivity contribution in [2.75, 3.05) is 6.61 Å². The lowest BCUT2D eigenvalue weighted by Crippen LogP contribution is -2.51. The van der Waals surface area contributed by atoms with E-state index >= 15 is 0 Å². The zero-order chi connectivity index (χ0) is 18.2. The first kappa shape index (κ1) is 16.8. The summed E-state index contributed by atoms with van der Waals surface area (Å²) in [5.41, 5.74) is -1.57. The van der Waals surface area contributed by atoms with Gasteiger partial charge in [0.1, 0.15) is 5.75 Å². The molecule has 1 heterocycles. The molecule has 1 atom stereocenters. The molecular weight excluding hydrogens is 331 g/mol. The predicted octanol–water partition coefficient (Wildman–Crippen LogP) is 2.20. The molecule has 0 saturated carbocycles. The Hall–Kier alpha value is -3.09. The van der Waals surface area contributed by atoms with Gasteiger partial charge < -0.3 is 19.7 Å². The van der Waals surface area contributed by atoms with Gasteiger partial charge in [0, 0.05) is 6.42 Å². The Balaban J connectivity index is 2.22. The largest absolute Gasteiger partial charge is 0.504 e. The van der Waals surface area contributed by atoms with E-state index in [2.05, 4.69) is 0 Å². The summed E-state index contributed by atoms with van der Waals surface area (Å²) in [5.74, 6) is -4.47. The molecule has 2 aromatic carbocycles. The number of aromatic hydroxyl groups is 2. The molecular formula is C18H15FO6. The number of rotatable bonds is 3. The van der Waals surface area contributed by atoms with Gasteiger partial charge in [-0.3, -0.25) is 9.59 Å². The van der Waals surface area contributed by atoms with E-state index in [1.54, 1.807) is 31.2 Å². The maximum atomic E-state index is 13.9. The van der Waals surface area contributed by atoms with Gasteiger partial charge in [-0.1, -0.05) is 18.2 Å². The molecule has 0 aromatic heterocycles. The lowest BCUT2D eigenvalue weighted by Gasteiger charge is -2.34. The van der Waals surface area contributed by atoms with Crippen LogP contribution in [-0.4, -0.2) is 28.8 Å². The van der Waals surface area contributed by atoms with Gasteiger partial charge in [-0.25, -0.2) is 4.39 Å². The molecule has 6 nitrogen and oxygen atoms in total. The Bertz CT molecular complexity index is 839. The minimum Gasteiger partial charge on any atom is -0.504 e. The van der Waals surface area contributed by atoms with Crippen molar-refractivity contribution in [1.82, 2.24) is 0 Å². The first-order valence-corrected chi connectivity index (χ1v) is 7.59. The van der Waals surface area contributed by atoms with E-state index in [1.807, 2.05) is 0 Å². The first-order valence-electron chi connectivity index (χ1n) is 7.59. The van der Waals surface area contributed by atoms with E-state index in [1.165, 1.54) is 0 Å². The zero-order valence-corrected chi connectivity index (χ0v) is 13.3. The standard InChI is InChI=1S/C18H15FO6/c1-2-24-16(22)18(11-7-12(19)15(21)13(20)8-11)9-10-5-3-4-6-14(10)25-17(18)23/h3-8,20-21H,2,9H2,1H3. The number of fused-ring (bicyclic) bond motifs is 1. The fraction of sp³-hybridized carbons (Fsp3) is 0.222. The van der Waals surface area contributed by atoms with Crippen LogP contribution in [0, 0.1) is 5.82 Å². The number of hydrogen-bond acceptors (Lipinski definition) is 6. The highest BCUT2D eigenvalue weighted by Gasteiger charge is 2.54. The van der Waals surface area contributed by atoms with E-state index in [4.69, 9.17) is 9.47 Å². The molecule has 0 amide bonds. The third kappa shape index (κ3) is 2.57. The van der Waals surface area contributed by atoms with Crippen LogP contribution in [0.1, 0.15) is 18.1 Å². The Kier molecular flexibility index (Phi) is 4.08. The fourth-order valence-electron chi connectivity index (χ4n) is 2.87. The number of phenols is 2. The average molecular weight is 346 g/mol. The highest BCUT2D eigenvalue weighted by Crippen LogP contribution is 2.42. The quantitative estimate of drug-likeness (QED) is 0.383. The molecule has 3 rings (SSSR count). The molecule has 1 unspecified atom stereocenters. The van der Waals surface area contributed by atoms with E-state index in [0.29, 0.717) is 11.3 Å². The van der Waals surface area contributed by atoms with Crippen LogP contribution in [-0.2, 0) is 26.2 Å². The van der Waals surface area contributed by atoms with Crippen molar-refractivity contribution in [1.29, 1.82) is 0 Å². The van der Waals surface area contributed by atoms with Crippen LogP contribution < -0.4 is 4.74 Å². The highest BCUT2D eigenvalue weighted by molar-refractivity contribution is 6.08. The van der Waals surface area contributed by atoms with Crippen molar-refractivity contribution >= 4 is 11.9 Å². The number of carbonyl (C=O) groups is 2. The summed E-state index contributed by atoms with van der Waals surface area (Å²) < 4.78 is 24.2. The van der Waals surface area contributed by atoms with E-state index in [-0.39, 0.29) is 18.6 Å². The summed E-state index contributed by atoms with van der Waals surface area (Å²) in [5, 5.41) is 19.1. The van der Waals surface area contributed by atoms with E-state index in [9.17, 15) is 24.2 Å². The van der Waals surface area contributed by atoms with Crippen LogP contribution >= 0.6 is 0 Å². The van der Waals surface area contributed by atoms with Gasteiger partial charge in [0.05, 0.1) is 6.61 Å². The normalized spacial score (nSPS) is 19.0. The third-order valence-corrected chi connectivity index (χ3v) is 4.14. The van der Waals surface area contributed by atoms with Crippen molar-refractivity contribution in [2.24, 2.45) is 0 Å². The van der Waals surface area contributed by atoms with Crippen LogP contribution in [0.3, 0.4) is 0 Å². The summed E-state index contributed by atoms with van der Waals surface area (Å²) >= 11 is 0. The number of phenolic OH excluding ortho intramolecular Hbond substituents is 2. The summed E-state index contributed by atoms with van der Waals surface area (Å²) in [4.78, 5) is 25.4. The van der Waals surface area contributed by atoms with Crippen LogP contribution in [0.2, 0.25) is 0 Å². The Morgan fingerprint density at radius 2 is 2.04 bits per heavy atom. The Morgan fingerprint density at radius 3 is 2.72 bits per heavy atom. The number of carbonyl (C=O) groups excluding carboxylic acids is 2. The van der Waals surface area contributed by atoms with Crippen molar-refractivity contribution in [2.45, 2.75) is 18.8 Å². The van der Waals surface area contributed by atoms with E-state index in [0.717, 1.165) is 12.1 Å². The number of esters is 2. The predicted molar refractivity (Wildman–Crippen MR) is 83.8 cm³/mol. The van der Waals surface area contributed by atoms with Gasteiger partial charge in [-0.15, -0.1) is 0 Å².